The van der Waals surface area contributed by atoms with E-state index in [1.807, 2.05) is 24.8 Å². The highest BCUT2D eigenvalue weighted by molar-refractivity contribution is 7.13. The van der Waals surface area contributed by atoms with Crippen molar-refractivity contribution < 1.29 is 4.74 Å². The summed E-state index contributed by atoms with van der Waals surface area (Å²) >= 11 is 1.61. The van der Waals surface area contributed by atoms with Crippen LogP contribution in [0.25, 0.3) is 10.6 Å². The minimum atomic E-state index is 0.566. The zero-order valence-electron chi connectivity index (χ0n) is 8.10. The van der Waals surface area contributed by atoms with E-state index in [9.17, 15) is 0 Å². The topological polar surface area (TPSA) is 39.9 Å². The quantitative estimate of drug-likeness (QED) is 0.772. The summed E-state index contributed by atoms with van der Waals surface area (Å²) in [4.78, 5) is 4.42. The molecule has 2 rings (SSSR count). The van der Waals surface area contributed by atoms with Crippen molar-refractivity contribution in [1.29, 1.82) is 0 Å². The van der Waals surface area contributed by atoms with E-state index in [1.54, 1.807) is 23.1 Å². The van der Waals surface area contributed by atoms with E-state index in [1.165, 1.54) is 0 Å². The molecule has 0 aromatic carbocycles. The van der Waals surface area contributed by atoms with Crippen LogP contribution < -0.4 is 0 Å². The monoisotopic (exact) mass is 209 g/mol. The third-order valence-corrected chi connectivity index (χ3v) is 2.74. The maximum atomic E-state index is 5.01. The number of methoxy groups -OCH3 is 1. The molecule has 2 aromatic heterocycles. The molecule has 0 amide bonds. The second kappa shape index (κ2) is 3.89. The molecule has 4 nitrogen and oxygen atoms in total. The van der Waals surface area contributed by atoms with Crippen LogP contribution in [0.1, 0.15) is 5.69 Å². The average Bonchev–Trinajstić information content (AvgIpc) is 2.74. The van der Waals surface area contributed by atoms with Gasteiger partial charge in [0.25, 0.3) is 0 Å². The summed E-state index contributed by atoms with van der Waals surface area (Å²) < 4.78 is 6.78. The average molecular weight is 209 g/mol. The molecule has 0 saturated carbocycles. The van der Waals surface area contributed by atoms with Crippen LogP contribution in [-0.4, -0.2) is 21.9 Å². The van der Waals surface area contributed by atoms with Gasteiger partial charge >= 0.3 is 0 Å². The lowest BCUT2D eigenvalue weighted by atomic mass is 10.4. The summed E-state index contributed by atoms with van der Waals surface area (Å²) in [7, 11) is 3.57. The zero-order valence-corrected chi connectivity index (χ0v) is 8.91. The predicted octanol–water partition coefficient (Wildman–Crippen LogP) is 1.69. The van der Waals surface area contributed by atoms with E-state index >= 15 is 0 Å². The van der Waals surface area contributed by atoms with Crippen LogP contribution in [0.2, 0.25) is 0 Å². The molecule has 0 spiro atoms. The standard InChI is InChI=1S/C9H11N3OS/c1-12-4-7(3-10-12)9-11-8(5-13-2)6-14-9/h3-4,6H,5H2,1-2H3. The number of aryl methyl sites for hydroxylation is 1. The van der Waals surface area contributed by atoms with Crippen LogP contribution in [0.15, 0.2) is 17.8 Å². The summed E-state index contributed by atoms with van der Waals surface area (Å²) in [5.41, 5.74) is 2.02. The lowest BCUT2D eigenvalue weighted by Crippen LogP contribution is -1.86. The molecule has 14 heavy (non-hydrogen) atoms. The van der Waals surface area contributed by atoms with Gasteiger partial charge in [-0.15, -0.1) is 11.3 Å². The minimum absolute atomic E-state index is 0.566. The first-order valence-electron chi connectivity index (χ1n) is 4.22. The molecule has 2 heterocycles. The molecular formula is C9H11N3OS. The van der Waals surface area contributed by atoms with Crippen LogP contribution in [0.3, 0.4) is 0 Å². The molecule has 0 aliphatic carbocycles. The van der Waals surface area contributed by atoms with Gasteiger partial charge in [0.15, 0.2) is 0 Å². The summed E-state index contributed by atoms with van der Waals surface area (Å²) in [6.45, 7) is 0.566. The van der Waals surface area contributed by atoms with Crippen molar-refractivity contribution in [2.75, 3.05) is 7.11 Å². The lowest BCUT2D eigenvalue weighted by molar-refractivity contribution is 0.182. The van der Waals surface area contributed by atoms with Crippen molar-refractivity contribution >= 4 is 11.3 Å². The molecule has 5 heteroatoms. The Bertz CT molecular complexity index is 421. The molecule has 0 saturated heterocycles. The SMILES string of the molecule is COCc1csc(-c2cnn(C)c2)n1. The summed E-state index contributed by atoms with van der Waals surface area (Å²) in [6.07, 6.45) is 3.77. The Hall–Kier alpha value is -1.20. The van der Waals surface area contributed by atoms with Crippen molar-refractivity contribution in [1.82, 2.24) is 14.8 Å². The molecule has 0 N–H and O–H groups in total. The van der Waals surface area contributed by atoms with Gasteiger partial charge in [0.1, 0.15) is 5.01 Å². The Morgan fingerprint density at radius 1 is 1.57 bits per heavy atom. The van der Waals surface area contributed by atoms with E-state index in [-0.39, 0.29) is 0 Å². The molecule has 0 unspecified atom stereocenters. The lowest BCUT2D eigenvalue weighted by Gasteiger charge is -1.90. The van der Waals surface area contributed by atoms with Crippen molar-refractivity contribution in [3.8, 4) is 10.6 Å². The second-order valence-corrected chi connectivity index (χ2v) is 3.84. The van der Waals surface area contributed by atoms with Gasteiger partial charge in [-0.1, -0.05) is 0 Å². The van der Waals surface area contributed by atoms with Gasteiger partial charge in [-0.3, -0.25) is 4.68 Å². The molecule has 0 aliphatic rings. The van der Waals surface area contributed by atoms with Gasteiger partial charge < -0.3 is 4.74 Å². The van der Waals surface area contributed by atoms with Crippen molar-refractivity contribution in [2.45, 2.75) is 6.61 Å². The number of thiazole rings is 1. The molecule has 0 aliphatic heterocycles. The normalized spacial score (nSPS) is 10.7. The molecule has 2 aromatic rings. The summed E-state index contributed by atoms with van der Waals surface area (Å²) in [5, 5.41) is 7.10. The van der Waals surface area contributed by atoms with Gasteiger partial charge in [-0.05, 0) is 0 Å². The van der Waals surface area contributed by atoms with Crippen LogP contribution >= 0.6 is 11.3 Å². The number of rotatable bonds is 3. The zero-order chi connectivity index (χ0) is 9.97. The minimum Gasteiger partial charge on any atom is -0.378 e. The maximum Gasteiger partial charge on any atom is 0.126 e. The summed E-state index contributed by atoms with van der Waals surface area (Å²) in [5.74, 6) is 0. The van der Waals surface area contributed by atoms with E-state index in [2.05, 4.69) is 10.1 Å². The smallest absolute Gasteiger partial charge is 0.126 e. The molecule has 0 atom stereocenters. The first-order chi connectivity index (χ1) is 6.79. The highest BCUT2D eigenvalue weighted by atomic mass is 32.1. The number of hydrogen-bond donors (Lipinski definition) is 0. The number of ether oxygens (including phenoxy) is 1. The van der Waals surface area contributed by atoms with Crippen LogP contribution in [0, 0.1) is 0 Å². The Balaban J connectivity index is 2.24. The molecule has 0 bridgehead atoms. The van der Waals surface area contributed by atoms with Crippen molar-refractivity contribution in [2.24, 2.45) is 7.05 Å². The third-order valence-electron chi connectivity index (χ3n) is 1.80. The predicted molar refractivity (Wildman–Crippen MR) is 55.0 cm³/mol. The van der Waals surface area contributed by atoms with Gasteiger partial charge in [0, 0.05) is 31.3 Å². The van der Waals surface area contributed by atoms with Crippen LogP contribution in [0.5, 0.6) is 0 Å². The highest BCUT2D eigenvalue weighted by Crippen LogP contribution is 2.22. The Morgan fingerprint density at radius 3 is 3.07 bits per heavy atom. The molecule has 0 fully saturated rings. The fourth-order valence-corrected chi connectivity index (χ4v) is 1.97. The van der Waals surface area contributed by atoms with Crippen molar-refractivity contribution in [3.05, 3.63) is 23.5 Å². The molecular weight excluding hydrogens is 198 g/mol. The number of aromatic nitrogens is 3. The largest absolute Gasteiger partial charge is 0.378 e. The van der Waals surface area contributed by atoms with Crippen molar-refractivity contribution in [3.63, 3.8) is 0 Å². The van der Waals surface area contributed by atoms with Crippen LogP contribution in [-0.2, 0) is 18.4 Å². The van der Waals surface area contributed by atoms with Gasteiger partial charge in [-0.25, -0.2) is 4.98 Å². The number of hydrogen-bond acceptors (Lipinski definition) is 4. The Labute approximate surface area is 86.2 Å². The van der Waals surface area contributed by atoms with E-state index < -0.39 is 0 Å². The van der Waals surface area contributed by atoms with Crippen LogP contribution in [0.4, 0.5) is 0 Å². The van der Waals surface area contributed by atoms with Gasteiger partial charge in [0.2, 0.25) is 0 Å². The third kappa shape index (κ3) is 1.83. The maximum absolute atomic E-state index is 5.01. The fourth-order valence-electron chi connectivity index (χ4n) is 1.19. The highest BCUT2D eigenvalue weighted by Gasteiger charge is 2.05. The van der Waals surface area contributed by atoms with Gasteiger partial charge in [0.05, 0.1) is 18.5 Å². The van der Waals surface area contributed by atoms with E-state index in [0.29, 0.717) is 6.61 Å². The molecule has 74 valence electrons. The number of nitrogens with zero attached hydrogens (tertiary/aromatic N) is 3. The van der Waals surface area contributed by atoms with E-state index in [4.69, 9.17) is 4.74 Å². The van der Waals surface area contributed by atoms with Gasteiger partial charge in [-0.2, -0.15) is 5.10 Å². The summed E-state index contributed by atoms with van der Waals surface area (Å²) in [6, 6.07) is 0. The first-order valence-corrected chi connectivity index (χ1v) is 5.10. The Kier molecular flexibility index (Phi) is 2.60. The second-order valence-electron chi connectivity index (χ2n) is 2.98. The van der Waals surface area contributed by atoms with E-state index in [0.717, 1.165) is 16.3 Å². The fraction of sp³-hybridized carbons (Fsp3) is 0.333. The first kappa shape index (κ1) is 9.36. The molecule has 0 radical (unpaired) electrons. The Morgan fingerprint density at radius 2 is 2.43 bits per heavy atom.